The average Bonchev–Trinajstić information content (AvgIpc) is 3.19. The Hall–Kier alpha value is -6.63. The van der Waals surface area contributed by atoms with E-state index in [1.807, 2.05) is 36.4 Å². The third-order valence-electron chi connectivity index (χ3n) is 9.26. The highest BCUT2D eigenvalue weighted by molar-refractivity contribution is 5.80. The van der Waals surface area contributed by atoms with Crippen LogP contribution in [0.25, 0.3) is 23.3 Å². The van der Waals surface area contributed by atoms with E-state index in [2.05, 4.69) is 194 Å². The van der Waals surface area contributed by atoms with Crippen LogP contribution >= 0.6 is 0 Å². The summed E-state index contributed by atoms with van der Waals surface area (Å²) in [4.78, 5) is 4.51. The molecule has 252 valence electrons. The fourth-order valence-electron chi connectivity index (χ4n) is 6.36. The average molecular weight is 672 g/mol. The molecule has 0 spiro atoms. The first-order valence-corrected chi connectivity index (χ1v) is 17.7. The maximum atomic E-state index is 9.36. The Labute approximate surface area is 308 Å². The van der Waals surface area contributed by atoms with Crippen LogP contribution in [-0.2, 0) is 5.41 Å². The Balaban J connectivity index is 1.07. The molecular weight excluding hydrogens is 631 g/mol. The summed E-state index contributed by atoms with van der Waals surface area (Å²) in [5.74, 6) is 0. The molecule has 0 fully saturated rings. The fraction of sp³-hybridized carbons (Fsp3) is 0.0816. The molecule has 0 atom stereocenters. The van der Waals surface area contributed by atoms with Gasteiger partial charge in [0.2, 0.25) is 0 Å². The predicted octanol–water partition coefficient (Wildman–Crippen LogP) is 13.6. The van der Waals surface area contributed by atoms with Crippen LogP contribution in [0.4, 0.5) is 34.1 Å². The summed E-state index contributed by atoms with van der Waals surface area (Å²) < 4.78 is 0. The zero-order valence-electron chi connectivity index (χ0n) is 29.8. The molecule has 52 heavy (non-hydrogen) atoms. The molecule has 0 radical (unpaired) electrons. The minimum atomic E-state index is 0.0751. The molecule has 0 aliphatic heterocycles. The molecule has 0 bridgehead atoms. The largest absolute Gasteiger partial charge is 0.311 e. The van der Waals surface area contributed by atoms with Gasteiger partial charge in [-0.05, 0) is 118 Å². The molecule has 7 aromatic rings. The van der Waals surface area contributed by atoms with Crippen LogP contribution in [-0.4, -0.2) is 0 Å². The van der Waals surface area contributed by atoms with Gasteiger partial charge in [-0.2, -0.15) is 5.26 Å². The lowest BCUT2D eigenvalue weighted by atomic mass is 9.87. The molecule has 0 aliphatic rings. The Morgan fingerprint density at radius 2 is 0.731 bits per heavy atom. The van der Waals surface area contributed by atoms with Crippen LogP contribution in [0.2, 0.25) is 0 Å². The summed E-state index contributed by atoms with van der Waals surface area (Å²) in [5.41, 5.74) is 13.1. The number of hydrogen-bond donors (Lipinski definition) is 0. The van der Waals surface area contributed by atoms with Crippen LogP contribution in [0.5, 0.6) is 0 Å². The van der Waals surface area contributed by atoms with Gasteiger partial charge in [-0.1, -0.05) is 130 Å². The molecule has 3 heteroatoms. The number of nitriles is 1. The van der Waals surface area contributed by atoms with Crippen molar-refractivity contribution in [2.45, 2.75) is 26.2 Å². The predicted molar refractivity (Wildman–Crippen MR) is 220 cm³/mol. The summed E-state index contributed by atoms with van der Waals surface area (Å²) in [6, 6.07) is 65.8. The molecule has 7 aromatic carbocycles. The summed E-state index contributed by atoms with van der Waals surface area (Å²) in [5, 5.41) is 9.36. The maximum absolute atomic E-state index is 9.36. The van der Waals surface area contributed by atoms with E-state index in [1.54, 1.807) is 0 Å². The summed E-state index contributed by atoms with van der Waals surface area (Å²) in [6.07, 6.45) is 4.31. The van der Waals surface area contributed by atoms with Crippen molar-refractivity contribution < 1.29 is 0 Å². The van der Waals surface area contributed by atoms with E-state index in [9.17, 15) is 5.26 Å². The lowest BCUT2D eigenvalue weighted by molar-refractivity contribution is 0.590. The van der Waals surface area contributed by atoms with Crippen molar-refractivity contribution in [1.29, 1.82) is 5.26 Å². The smallest absolute Gasteiger partial charge is 0.0991 e. The van der Waals surface area contributed by atoms with Gasteiger partial charge in [0.15, 0.2) is 0 Å². The standard InChI is InChI=1S/C49H41N3/c1-49(2,3)42-26-34-48(35-27-42)52(46-30-20-39(36-50)21-31-46)45-28-18-38(19-29-45)15-14-37-16-22-40(23-17-37)41-24-32-47(33-25-41)51(43-10-6-4-7-11-43)44-12-8-5-9-13-44/h4-35H,1-3H3/b15-14+. The van der Waals surface area contributed by atoms with Crippen molar-refractivity contribution in [2.75, 3.05) is 9.80 Å². The highest BCUT2D eigenvalue weighted by Gasteiger charge is 2.17. The van der Waals surface area contributed by atoms with Crippen molar-refractivity contribution >= 4 is 46.3 Å². The number of benzene rings is 7. The van der Waals surface area contributed by atoms with Crippen molar-refractivity contribution in [1.82, 2.24) is 0 Å². The second-order valence-electron chi connectivity index (χ2n) is 13.9. The monoisotopic (exact) mass is 671 g/mol. The van der Waals surface area contributed by atoms with E-state index in [1.165, 1.54) is 16.7 Å². The molecule has 0 aromatic heterocycles. The Morgan fingerprint density at radius 3 is 1.13 bits per heavy atom. The van der Waals surface area contributed by atoms with E-state index >= 15 is 0 Å². The van der Waals surface area contributed by atoms with Crippen molar-refractivity contribution in [3.63, 3.8) is 0 Å². The molecule has 0 saturated heterocycles. The van der Waals surface area contributed by atoms with Crippen molar-refractivity contribution in [3.8, 4) is 17.2 Å². The van der Waals surface area contributed by atoms with Gasteiger partial charge in [0.25, 0.3) is 0 Å². The minimum Gasteiger partial charge on any atom is -0.311 e. The van der Waals surface area contributed by atoms with Gasteiger partial charge >= 0.3 is 0 Å². The topological polar surface area (TPSA) is 30.3 Å². The second kappa shape index (κ2) is 15.1. The fourth-order valence-corrected chi connectivity index (χ4v) is 6.36. The normalized spacial score (nSPS) is 11.3. The highest BCUT2D eigenvalue weighted by Crippen LogP contribution is 2.37. The first-order valence-electron chi connectivity index (χ1n) is 17.7. The number of para-hydroxylation sites is 2. The molecule has 0 aliphatic carbocycles. The summed E-state index contributed by atoms with van der Waals surface area (Å²) in [6.45, 7) is 6.69. The van der Waals surface area contributed by atoms with E-state index in [4.69, 9.17) is 0 Å². The van der Waals surface area contributed by atoms with E-state index in [0.717, 1.165) is 45.3 Å². The number of rotatable bonds is 9. The van der Waals surface area contributed by atoms with Gasteiger partial charge in [0, 0.05) is 34.1 Å². The lowest BCUT2D eigenvalue weighted by Crippen LogP contribution is -2.13. The number of nitrogens with zero attached hydrogens (tertiary/aromatic N) is 3. The molecule has 3 nitrogen and oxygen atoms in total. The van der Waals surface area contributed by atoms with Gasteiger partial charge in [0.1, 0.15) is 0 Å². The molecule has 0 heterocycles. The number of anilines is 6. The van der Waals surface area contributed by atoms with Gasteiger partial charge < -0.3 is 9.80 Å². The Morgan fingerprint density at radius 1 is 0.404 bits per heavy atom. The molecule has 0 unspecified atom stereocenters. The maximum Gasteiger partial charge on any atom is 0.0991 e. The van der Waals surface area contributed by atoms with Crippen molar-refractivity contribution in [3.05, 3.63) is 204 Å². The third-order valence-corrected chi connectivity index (χ3v) is 9.26. The molecule has 7 rings (SSSR count). The van der Waals surface area contributed by atoms with Crippen molar-refractivity contribution in [2.24, 2.45) is 0 Å². The molecule has 0 saturated carbocycles. The Bertz CT molecular complexity index is 2240. The van der Waals surface area contributed by atoms with E-state index < -0.39 is 0 Å². The van der Waals surface area contributed by atoms with E-state index in [0.29, 0.717) is 5.56 Å². The molecule has 0 amide bonds. The van der Waals surface area contributed by atoms with Crippen LogP contribution in [0, 0.1) is 11.3 Å². The molecule has 0 N–H and O–H groups in total. The molecular formula is C49H41N3. The first-order chi connectivity index (χ1) is 25.4. The van der Waals surface area contributed by atoms with Crippen LogP contribution in [0.3, 0.4) is 0 Å². The minimum absolute atomic E-state index is 0.0751. The van der Waals surface area contributed by atoms with Crippen LogP contribution < -0.4 is 9.80 Å². The zero-order chi connectivity index (χ0) is 35.9. The van der Waals surface area contributed by atoms with Gasteiger partial charge in [0.05, 0.1) is 11.6 Å². The van der Waals surface area contributed by atoms with E-state index in [-0.39, 0.29) is 5.41 Å². The second-order valence-corrected chi connectivity index (χ2v) is 13.9. The quantitative estimate of drug-likeness (QED) is 0.143. The zero-order valence-corrected chi connectivity index (χ0v) is 29.8. The third kappa shape index (κ3) is 7.73. The van der Waals surface area contributed by atoms with Crippen LogP contribution in [0.1, 0.15) is 43.0 Å². The summed E-state index contributed by atoms with van der Waals surface area (Å²) in [7, 11) is 0. The highest BCUT2D eigenvalue weighted by atomic mass is 15.1. The Kier molecular flexibility index (Phi) is 9.82. The first kappa shape index (κ1) is 33.8. The van der Waals surface area contributed by atoms with Gasteiger partial charge in [-0.3, -0.25) is 0 Å². The SMILES string of the molecule is CC(C)(C)c1ccc(N(c2ccc(C#N)cc2)c2ccc(/C=C/c3ccc(-c4ccc(N(c5ccccc5)c5ccccc5)cc4)cc3)cc2)cc1. The van der Waals surface area contributed by atoms with Gasteiger partial charge in [-0.15, -0.1) is 0 Å². The number of hydrogen-bond acceptors (Lipinski definition) is 3. The summed E-state index contributed by atoms with van der Waals surface area (Å²) >= 11 is 0. The van der Waals surface area contributed by atoms with Crippen LogP contribution in [0.15, 0.2) is 182 Å². The van der Waals surface area contributed by atoms with Gasteiger partial charge in [-0.25, -0.2) is 0 Å². The lowest BCUT2D eigenvalue weighted by Gasteiger charge is -2.27.